The fourth-order valence-electron chi connectivity index (χ4n) is 1.87. The van der Waals surface area contributed by atoms with E-state index in [9.17, 15) is 9.90 Å². The first-order chi connectivity index (χ1) is 8.35. The standard InChI is InChI=1S/C14H20ClNO2/c1-4-7-14(3,18)9-16-13(17)12-6-5-11(15)8-10(12)2/h5-6,8,18H,4,7,9H2,1-3H3,(H,16,17). The first-order valence-electron chi connectivity index (χ1n) is 6.12. The van der Waals surface area contributed by atoms with Crippen LogP contribution in [0.15, 0.2) is 18.2 Å². The Morgan fingerprint density at radius 1 is 1.50 bits per heavy atom. The van der Waals surface area contributed by atoms with Crippen molar-refractivity contribution in [2.24, 2.45) is 0 Å². The monoisotopic (exact) mass is 269 g/mol. The maximum absolute atomic E-state index is 12.0. The van der Waals surface area contributed by atoms with Gasteiger partial charge in [-0.15, -0.1) is 0 Å². The molecule has 1 aromatic carbocycles. The number of rotatable bonds is 5. The van der Waals surface area contributed by atoms with E-state index in [4.69, 9.17) is 11.6 Å². The Balaban J connectivity index is 2.66. The van der Waals surface area contributed by atoms with Crippen molar-refractivity contribution in [3.8, 4) is 0 Å². The lowest BCUT2D eigenvalue weighted by atomic mass is 10.0. The van der Waals surface area contributed by atoms with E-state index in [0.29, 0.717) is 17.0 Å². The van der Waals surface area contributed by atoms with Gasteiger partial charge in [-0.25, -0.2) is 0 Å². The highest BCUT2D eigenvalue weighted by atomic mass is 35.5. The quantitative estimate of drug-likeness (QED) is 0.863. The Labute approximate surface area is 113 Å². The van der Waals surface area contributed by atoms with Crippen LogP contribution in [0.3, 0.4) is 0 Å². The molecular weight excluding hydrogens is 250 g/mol. The Bertz CT molecular complexity index is 430. The molecule has 1 unspecified atom stereocenters. The molecule has 1 rings (SSSR count). The third kappa shape index (κ3) is 4.31. The van der Waals surface area contributed by atoms with Gasteiger partial charge in [0.15, 0.2) is 0 Å². The van der Waals surface area contributed by atoms with Crippen molar-refractivity contribution in [1.82, 2.24) is 5.32 Å². The first-order valence-corrected chi connectivity index (χ1v) is 6.50. The summed E-state index contributed by atoms with van der Waals surface area (Å²) in [7, 11) is 0. The maximum atomic E-state index is 12.0. The fourth-order valence-corrected chi connectivity index (χ4v) is 2.10. The molecule has 0 aliphatic rings. The fraction of sp³-hybridized carbons (Fsp3) is 0.500. The zero-order chi connectivity index (χ0) is 13.8. The van der Waals surface area contributed by atoms with Crippen LogP contribution in [-0.2, 0) is 0 Å². The zero-order valence-corrected chi connectivity index (χ0v) is 11.8. The molecule has 100 valence electrons. The summed E-state index contributed by atoms with van der Waals surface area (Å²) < 4.78 is 0. The van der Waals surface area contributed by atoms with Crippen molar-refractivity contribution in [3.05, 3.63) is 34.3 Å². The van der Waals surface area contributed by atoms with Crippen LogP contribution in [0, 0.1) is 6.92 Å². The van der Waals surface area contributed by atoms with Gasteiger partial charge in [0.1, 0.15) is 0 Å². The predicted molar refractivity (Wildman–Crippen MR) is 74.1 cm³/mol. The average Bonchev–Trinajstić information content (AvgIpc) is 2.26. The average molecular weight is 270 g/mol. The molecule has 1 aromatic rings. The van der Waals surface area contributed by atoms with Gasteiger partial charge >= 0.3 is 0 Å². The van der Waals surface area contributed by atoms with Crippen molar-refractivity contribution in [3.63, 3.8) is 0 Å². The van der Waals surface area contributed by atoms with E-state index in [1.165, 1.54) is 0 Å². The Kier molecular flexibility index (Phi) is 5.17. The van der Waals surface area contributed by atoms with Crippen molar-refractivity contribution in [1.29, 1.82) is 0 Å². The van der Waals surface area contributed by atoms with Crippen molar-refractivity contribution in [2.75, 3.05) is 6.54 Å². The zero-order valence-electron chi connectivity index (χ0n) is 11.1. The lowest BCUT2D eigenvalue weighted by Crippen LogP contribution is -2.40. The van der Waals surface area contributed by atoms with Crippen LogP contribution in [0.2, 0.25) is 5.02 Å². The van der Waals surface area contributed by atoms with E-state index in [2.05, 4.69) is 5.32 Å². The molecule has 3 nitrogen and oxygen atoms in total. The smallest absolute Gasteiger partial charge is 0.251 e. The van der Waals surface area contributed by atoms with E-state index in [0.717, 1.165) is 12.0 Å². The molecule has 0 spiro atoms. The van der Waals surface area contributed by atoms with Crippen LogP contribution >= 0.6 is 11.6 Å². The number of amides is 1. The highest BCUT2D eigenvalue weighted by Crippen LogP contribution is 2.16. The molecule has 0 heterocycles. The molecule has 0 bridgehead atoms. The number of halogens is 1. The molecule has 0 radical (unpaired) electrons. The van der Waals surface area contributed by atoms with E-state index >= 15 is 0 Å². The molecule has 1 amide bonds. The Hall–Kier alpha value is -1.06. The molecule has 0 saturated carbocycles. The molecule has 18 heavy (non-hydrogen) atoms. The normalized spacial score (nSPS) is 14.1. The van der Waals surface area contributed by atoms with Crippen LogP contribution in [0.4, 0.5) is 0 Å². The van der Waals surface area contributed by atoms with Crippen molar-refractivity contribution >= 4 is 17.5 Å². The predicted octanol–water partition coefficient (Wildman–Crippen LogP) is 2.93. The summed E-state index contributed by atoms with van der Waals surface area (Å²) in [6.07, 6.45) is 1.54. The van der Waals surface area contributed by atoms with Crippen molar-refractivity contribution in [2.45, 2.75) is 39.2 Å². The number of aryl methyl sites for hydroxylation is 1. The highest BCUT2D eigenvalue weighted by molar-refractivity contribution is 6.30. The second kappa shape index (κ2) is 6.21. The molecular formula is C14H20ClNO2. The molecule has 1 atom stereocenters. The highest BCUT2D eigenvalue weighted by Gasteiger charge is 2.20. The molecule has 0 fully saturated rings. The number of hydrogen-bond acceptors (Lipinski definition) is 2. The minimum Gasteiger partial charge on any atom is -0.388 e. The van der Waals surface area contributed by atoms with Crippen molar-refractivity contribution < 1.29 is 9.90 Å². The second-order valence-electron chi connectivity index (χ2n) is 4.89. The number of aliphatic hydroxyl groups is 1. The summed E-state index contributed by atoms with van der Waals surface area (Å²) >= 11 is 5.84. The van der Waals surface area contributed by atoms with Crippen LogP contribution in [0.5, 0.6) is 0 Å². The second-order valence-corrected chi connectivity index (χ2v) is 5.33. The minimum absolute atomic E-state index is 0.180. The molecule has 0 aromatic heterocycles. The van der Waals surface area contributed by atoms with Crippen LogP contribution in [-0.4, -0.2) is 23.2 Å². The summed E-state index contributed by atoms with van der Waals surface area (Å²) in [6.45, 7) is 5.82. The lowest BCUT2D eigenvalue weighted by Gasteiger charge is -2.23. The topological polar surface area (TPSA) is 49.3 Å². The Morgan fingerprint density at radius 3 is 2.72 bits per heavy atom. The summed E-state index contributed by atoms with van der Waals surface area (Å²) in [5.41, 5.74) is 0.562. The summed E-state index contributed by atoms with van der Waals surface area (Å²) in [5, 5.41) is 13.4. The van der Waals surface area contributed by atoms with E-state index in [1.807, 2.05) is 13.8 Å². The van der Waals surface area contributed by atoms with Gasteiger partial charge in [-0.2, -0.15) is 0 Å². The maximum Gasteiger partial charge on any atom is 0.251 e. The van der Waals surface area contributed by atoms with Crippen LogP contribution in [0.25, 0.3) is 0 Å². The first kappa shape index (κ1) is 15.0. The molecule has 0 saturated heterocycles. The molecule has 0 aliphatic carbocycles. The number of carbonyl (C=O) groups excluding carboxylic acids is 1. The molecule has 4 heteroatoms. The van der Waals surface area contributed by atoms with Gasteiger partial charge in [0.2, 0.25) is 0 Å². The number of benzene rings is 1. The summed E-state index contributed by atoms with van der Waals surface area (Å²) in [5.74, 6) is -0.180. The minimum atomic E-state index is -0.856. The van der Waals surface area contributed by atoms with Crippen LogP contribution in [0.1, 0.15) is 42.6 Å². The van der Waals surface area contributed by atoms with Gasteiger partial charge in [-0.05, 0) is 44.0 Å². The van der Waals surface area contributed by atoms with Gasteiger partial charge in [0.25, 0.3) is 5.91 Å². The Morgan fingerprint density at radius 2 is 2.17 bits per heavy atom. The third-order valence-electron chi connectivity index (χ3n) is 2.85. The van der Waals surface area contributed by atoms with Gasteiger partial charge in [0.05, 0.1) is 5.60 Å². The lowest BCUT2D eigenvalue weighted by molar-refractivity contribution is 0.0469. The SMILES string of the molecule is CCCC(C)(O)CNC(=O)c1ccc(Cl)cc1C. The number of hydrogen-bond donors (Lipinski definition) is 2. The van der Waals surface area contributed by atoms with Crippen LogP contribution < -0.4 is 5.32 Å². The van der Waals surface area contributed by atoms with Gasteiger partial charge in [-0.1, -0.05) is 24.9 Å². The van der Waals surface area contributed by atoms with E-state index in [1.54, 1.807) is 25.1 Å². The summed E-state index contributed by atoms with van der Waals surface area (Å²) in [4.78, 5) is 12.0. The van der Waals surface area contributed by atoms with E-state index < -0.39 is 5.60 Å². The molecule has 2 N–H and O–H groups in total. The molecule has 0 aliphatic heterocycles. The largest absolute Gasteiger partial charge is 0.388 e. The van der Waals surface area contributed by atoms with Gasteiger partial charge < -0.3 is 10.4 Å². The number of nitrogens with one attached hydrogen (secondary N) is 1. The third-order valence-corrected chi connectivity index (χ3v) is 3.09. The number of carbonyl (C=O) groups is 1. The van der Waals surface area contributed by atoms with Gasteiger partial charge in [-0.3, -0.25) is 4.79 Å². The van der Waals surface area contributed by atoms with Gasteiger partial charge in [0, 0.05) is 17.1 Å². The van der Waals surface area contributed by atoms with E-state index in [-0.39, 0.29) is 12.5 Å². The summed E-state index contributed by atoms with van der Waals surface area (Å²) in [6, 6.07) is 5.13.